The lowest BCUT2D eigenvalue weighted by molar-refractivity contribution is -0.142. The zero-order valence-corrected chi connectivity index (χ0v) is 14.9. The van der Waals surface area contributed by atoms with Crippen LogP contribution in [0.5, 0.6) is 5.75 Å². The normalized spacial score (nSPS) is 21.0. The van der Waals surface area contributed by atoms with Crippen LogP contribution in [-0.2, 0) is 4.79 Å². The van der Waals surface area contributed by atoms with E-state index in [1.807, 2.05) is 19.9 Å². The molecule has 1 aliphatic carbocycles. The summed E-state index contributed by atoms with van der Waals surface area (Å²) in [7, 11) is 0. The van der Waals surface area contributed by atoms with Crippen LogP contribution in [0, 0.1) is 5.92 Å². The van der Waals surface area contributed by atoms with Gasteiger partial charge in [-0.3, -0.25) is 9.59 Å². The van der Waals surface area contributed by atoms with Gasteiger partial charge in [0.1, 0.15) is 5.75 Å². The fraction of sp³-hybridized carbons (Fsp3) is 0.529. The molecule has 6 heteroatoms. The summed E-state index contributed by atoms with van der Waals surface area (Å²) in [4.78, 5) is 23.5. The molecule has 0 atom stereocenters. The minimum absolute atomic E-state index is 0.0219. The molecule has 0 aliphatic heterocycles. The highest BCUT2D eigenvalue weighted by atomic mass is 79.9. The van der Waals surface area contributed by atoms with Gasteiger partial charge >= 0.3 is 5.97 Å². The Kier molecular flexibility index (Phi) is 6.04. The molecule has 0 saturated heterocycles. The van der Waals surface area contributed by atoms with E-state index in [1.54, 1.807) is 12.1 Å². The average Bonchev–Trinajstić information content (AvgIpc) is 2.47. The molecule has 23 heavy (non-hydrogen) atoms. The van der Waals surface area contributed by atoms with Gasteiger partial charge < -0.3 is 15.2 Å². The highest BCUT2D eigenvalue weighted by Gasteiger charge is 2.27. The molecule has 1 fully saturated rings. The number of carboxylic acids is 1. The summed E-state index contributed by atoms with van der Waals surface area (Å²) in [5, 5.41) is 12.0. The SMILES string of the molecule is CC(C)Oc1cc(Br)ccc1C(=O)NC1CCC(C(=O)O)CC1. The van der Waals surface area contributed by atoms with Crippen molar-refractivity contribution in [3.63, 3.8) is 0 Å². The van der Waals surface area contributed by atoms with Gasteiger partial charge in [0.05, 0.1) is 17.6 Å². The van der Waals surface area contributed by atoms with Crippen molar-refractivity contribution >= 4 is 27.8 Å². The summed E-state index contributed by atoms with van der Waals surface area (Å²) in [5.74, 6) is -0.649. The number of carboxylic acid groups (broad SMARTS) is 1. The van der Waals surface area contributed by atoms with E-state index in [2.05, 4.69) is 21.2 Å². The highest BCUT2D eigenvalue weighted by Crippen LogP contribution is 2.27. The van der Waals surface area contributed by atoms with Gasteiger partial charge in [-0.2, -0.15) is 0 Å². The number of amides is 1. The summed E-state index contributed by atoms with van der Waals surface area (Å²) in [6.45, 7) is 3.82. The van der Waals surface area contributed by atoms with Gasteiger partial charge in [0.15, 0.2) is 0 Å². The fourth-order valence-electron chi connectivity index (χ4n) is 2.78. The molecule has 5 nitrogen and oxygen atoms in total. The maximum atomic E-state index is 12.5. The Hall–Kier alpha value is -1.56. The van der Waals surface area contributed by atoms with Gasteiger partial charge in [0, 0.05) is 10.5 Å². The summed E-state index contributed by atoms with van der Waals surface area (Å²) in [5.41, 5.74) is 0.502. The van der Waals surface area contributed by atoms with Gasteiger partial charge in [-0.1, -0.05) is 15.9 Å². The Bertz CT molecular complexity index is 580. The van der Waals surface area contributed by atoms with E-state index in [1.165, 1.54) is 0 Å². The first-order valence-electron chi connectivity index (χ1n) is 7.86. The Balaban J connectivity index is 2.02. The van der Waals surface area contributed by atoms with Crippen molar-refractivity contribution in [1.82, 2.24) is 5.32 Å². The number of carbonyl (C=O) groups excluding carboxylic acids is 1. The molecule has 2 N–H and O–H groups in total. The molecule has 1 amide bonds. The number of hydrogen-bond acceptors (Lipinski definition) is 3. The average molecular weight is 384 g/mol. The molecule has 0 heterocycles. The summed E-state index contributed by atoms with van der Waals surface area (Å²) >= 11 is 3.39. The van der Waals surface area contributed by atoms with Crippen LogP contribution in [-0.4, -0.2) is 29.1 Å². The largest absolute Gasteiger partial charge is 0.490 e. The van der Waals surface area contributed by atoms with E-state index >= 15 is 0 Å². The summed E-state index contributed by atoms with van der Waals surface area (Å²) < 4.78 is 6.57. The first kappa shape index (κ1) is 17.8. The maximum Gasteiger partial charge on any atom is 0.306 e. The Morgan fingerprint density at radius 2 is 1.91 bits per heavy atom. The molecular weight excluding hydrogens is 362 g/mol. The van der Waals surface area contributed by atoms with Crippen LogP contribution in [0.1, 0.15) is 49.9 Å². The van der Waals surface area contributed by atoms with E-state index in [4.69, 9.17) is 9.84 Å². The smallest absolute Gasteiger partial charge is 0.306 e. The summed E-state index contributed by atoms with van der Waals surface area (Å²) in [6, 6.07) is 5.35. The molecule has 0 aromatic heterocycles. The Morgan fingerprint density at radius 3 is 2.48 bits per heavy atom. The Labute approximate surface area is 144 Å². The molecule has 1 aromatic rings. The molecule has 1 aromatic carbocycles. The lowest BCUT2D eigenvalue weighted by Gasteiger charge is -2.27. The van der Waals surface area contributed by atoms with Crippen molar-refractivity contribution in [2.45, 2.75) is 51.7 Å². The third-order valence-corrected chi connectivity index (χ3v) is 4.46. The van der Waals surface area contributed by atoms with Crippen LogP contribution in [0.15, 0.2) is 22.7 Å². The van der Waals surface area contributed by atoms with E-state index < -0.39 is 5.97 Å². The number of benzene rings is 1. The zero-order chi connectivity index (χ0) is 17.0. The minimum atomic E-state index is -0.740. The predicted molar refractivity (Wildman–Crippen MR) is 90.8 cm³/mol. The van der Waals surface area contributed by atoms with Crippen molar-refractivity contribution in [3.8, 4) is 5.75 Å². The van der Waals surface area contributed by atoms with E-state index in [9.17, 15) is 9.59 Å². The second-order valence-corrected chi connectivity index (χ2v) is 7.08. The number of hydrogen-bond donors (Lipinski definition) is 2. The number of rotatable bonds is 5. The van der Waals surface area contributed by atoms with Crippen LogP contribution in [0.2, 0.25) is 0 Å². The van der Waals surface area contributed by atoms with Gasteiger partial charge in [-0.15, -0.1) is 0 Å². The molecule has 0 spiro atoms. The van der Waals surface area contributed by atoms with Gasteiger partial charge in [-0.05, 0) is 57.7 Å². The Morgan fingerprint density at radius 1 is 1.26 bits per heavy atom. The van der Waals surface area contributed by atoms with Gasteiger partial charge in [0.2, 0.25) is 0 Å². The van der Waals surface area contributed by atoms with Crippen molar-refractivity contribution in [3.05, 3.63) is 28.2 Å². The van der Waals surface area contributed by atoms with Crippen LogP contribution >= 0.6 is 15.9 Å². The highest BCUT2D eigenvalue weighted by molar-refractivity contribution is 9.10. The molecule has 0 radical (unpaired) electrons. The summed E-state index contributed by atoms with van der Waals surface area (Å²) in [6.07, 6.45) is 2.58. The van der Waals surface area contributed by atoms with Crippen LogP contribution < -0.4 is 10.1 Å². The van der Waals surface area contributed by atoms with Crippen molar-refractivity contribution in [1.29, 1.82) is 0 Å². The second-order valence-electron chi connectivity index (χ2n) is 6.17. The van der Waals surface area contributed by atoms with Crippen molar-refractivity contribution in [2.24, 2.45) is 5.92 Å². The van der Waals surface area contributed by atoms with Crippen LogP contribution in [0.25, 0.3) is 0 Å². The third kappa shape index (κ3) is 4.96. The number of nitrogens with one attached hydrogen (secondary N) is 1. The number of carbonyl (C=O) groups is 2. The van der Waals surface area contributed by atoms with Crippen LogP contribution in [0.3, 0.4) is 0 Å². The lowest BCUT2D eigenvalue weighted by atomic mass is 9.86. The first-order chi connectivity index (χ1) is 10.9. The van der Waals surface area contributed by atoms with Crippen molar-refractivity contribution in [2.75, 3.05) is 0 Å². The minimum Gasteiger partial charge on any atom is -0.490 e. The molecule has 2 rings (SSSR count). The van der Waals surface area contributed by atoms with E-state index in [-0.39, 0.29) is 24.0 Å². The molecule has 0 bridgehead atoms. The zero-order valence-electron chi connectivity index (χ0n) is 13.3. The molecular formula is C17H22BrNO4. The van der Waals surface area contributed by atoms with E-state index in [0.29, 0.717) is 37.0 Å². The van der Waals surface area contributed by atoms with Gasteiger partial charge in [0.25, 0.3) is 5.91 Å². The fourth-order valence-corrected chi connectivity index (χ4v) is 3.12. The maximum absolute atomic E-state index is 12.5. The number of halogens is 1. The lowest BCUT2D eigenvalue weighted by Crippen LogP contribution is -2.38. The molecule has 126 valence electrons. The van der Waals surface area contributed by atoms with Gasteiger partial charge in [-0.25, -0.2) is 0 Å². The predicted octanol–water partition coefficient (Wildman–Crippen LogP) is 3.61. The first-order valence-corrected chi connectivity index (χ1v) is 8.66. The van der Waals surface area contributed by atoms with E-state index in [0.717, 1.165) is 4.47 Å². The quantitative estimate of drug-likeness (QED) is 0.813. The topological polar surface area (TPSA) is 75.6 Å². The monoisotopic (exact) mass is 383 g/mol. The standard InChI is InChI=1S/C17H22BrNO4/c1-10(2)23-15-9-12(18)5-8-14(15)16(20)19-13-6-3-11(4-7-13)17(21)22/h5,8-11,13H,3-4,6-7H2,1-2H3,(H,19,20)(H,21,22). The molecule has 1 aliphatic rings. The second kappa shape index (κ2) is 7.81. The number of ether oxygens (including phenoxy) is 1. The third-order valence-electron chi connectivity index (χ3n) is 3.96. The molecule has 0 unspecified atom stereocenters. The van der Waals surface area contributed by atoms with Crippen LogP contribution in [0.4, 0.5) is 0 Å². The molecule has 1 saturated carbocycles. The number of aliphatic carboxylic acids is 1. The van der Waals surface area contributed by atoms with Crippen molar-refractivity contribution < 1.29 is 19.4 Å².